The Morgan fingerprint density at radius 2 is 0.852 bits per heavy atom. The molecule has 21 nitrogen and oxygen atoms in total. The van der Waals surface area contributed by atoms with E-state index in [1.54, 1.807) is 0 Å². The third-order valence-electron chi connectivity index (χ3n) is 7.42. The molecular weight excluding hydrogens is 749 g/mol. The van der Waals surface area contributed by atoms with Crippen LogP contribution in [0.5, 0.6) is 0 Å². The minimum Gasteiger partial charge on any atom is -0.463 e. The molecule has 0 aliphatic carbocycles. The van der Waals surface area contributed by atoms with Crippen LogP contribution in [0.15, 0.2) is 0 Å². The number of hydrogen-bond acceptors (Lipinski definition) is 20. The van der Waals surface area contributed by atoms with Gasteiger partial charge in [0.25, 0.3) is 6.29 Å². The number of ether oxygens (including phenoxy) is 10. The van der Waals surface area contributed by atoms with Gasteiger partial charge in [0, 0.05) is 53.0 Å². The average molecular weight is 801 g/mol. The first kappa shape index (κ1) is 48.2. The van der Waals surface area contributed by atoms with Crippen LogP contribution >= 0.6 is 8.25 Å². The lowest BCUT2D eigenvalue weighted by atomic mass is 9.96. The Bertz CT molecular complexity index is 1300. The summed E-state index contributed by atoms with van der Waals surface area (Å²) >= 11 is 0. The van der Waals surface area contributed by atoms with Crippen LogP contribution in [0.4, 0.5) is 0 Å². The van der Waals surface area contributed by atoms with E-state index in [4.69, 9.17) is 51.9 Å². The third-order valence-corrected chi connectivity index (χ3v) is 7.81. The summed E-state index contributed by atoms with van der Waals surface area (Å²) in [6.45, 7) is 15.9. The molecule has 2 rings (SSSR count). The van der Waals surface area contributed by atoms with Gasteiger partial charge >= 0.3 is 50.0 Å². The molecule has 2 fully saturated rings. The van der Waals surface area contributed by atoms with E-state index in [0.29, 0.717) is 0 Å². The standard InChI is InChI=1S/C26H35O20P.C6H15N/c1-10(27)36-8-17-19(38-12(3)29)21(39-13(4)30)23(41-15(6)32)25(43-17)45-20-18(9-37-11(2)28)44-26(46-47(34)35)24(42-16(7)33)22(20)40-14(5)31;1-4-7(5-2)6-3/h17-26H,8-9H2,1-7H3;4-6H2,1-3H3/p+1/t17-,18-,19+,20-,21+,22+,23-,24+,25+,26-;/m1./s1. The van der Waals surface area contributed by atoms with Gasteiger partial charge in [-0.2, -0.15) is 0 Å². The minimum atomic E-state index is -3.41. The second-order valence-electron chi connectivity index (χ2n) is 11.6. The lowest BCUT2D eigenvalue weighted by molar-refractivity contribution is -0.354. The predicted octanol–water partition coefficient (Wildman–Crippen LogP) is 0.621. The Kier molecular flexibility index (Phi) is 21.3. The van der Waals surface area contributed by atoms with Crippen molar-refractivity contribution in [2.45, 2.75) is 131 Å². The van der Waals surface area contributed by atoms with Gasteiger partial charge in [0.1, 0.15) is 31.5 Å². The fraction of sp³-hybridized carbons (Fsp3) is 0.781. The number of nitrogens with zero attached hydrogens (tertiary/aromatic N) is 1. The number of carbonyl (C=O) groups is 7. The molecule has 0 aromatic rings. The Balaban J connectivity index is 0.00000189. The van der Waals surface area contributed by atoms with Gasteiger partial charge in [-0.3, -0.25) is 33.6 Å². The number of rotatable bonds is 16. The van der Waals surface area contributed by atoms with Crippen molar-refractivity contribution in [1.29, 1.82) is 0 Å². The predicted molar refractivity (Wildman–Crippen MR) is 178 cm³/mol. The number of esters is 7. The molecule has 0 aromatic carbocycles. The Morgan fingerprint density at radius 1 is 0.519 bits per heavy atom. The molecule has 0 radical (unpaired) electrons. The zero-order valence-electron chi connectivity index (χ0n) is 31.9. The largest absolute Gasteiger partial charge is 0.697 e. The van der Waals surface area contributed by atoms with Gasteiger partial charge in [-0.05, 0) is 19.6 Å². The van der Waals surface area contributed by atoms with Gasteiger partial charge < -0.3 is 52.3 Å². The van der Waals surface area contributed by atoms with Crippen molar-refractivity contribution in [3.63, 3.8) is 0 Å². The van der Waals surface area contributed by atoms with Gasteiger partial charge in [0.15, 0.2) is 36.8 Å². The molecule has 0 aromatic heterocycles. The monoisotopic (exact) mass is 800 g/mol. The summed E-state index contributed by atoms with van der Waals surface area (Å²) in [5, 5.41) is 0. The molecule has 1 N–H and O–H groups in total. The zero-order chi connectivity index (χ0) is 41.3. The highest BCUT2D eigenvalue weighted by molar-refractivity contribution is 7.32. The molecule has 0 spiro atoms. The molecule has 1 unspecified atom stereocenters. The molecule has 54 heavy (non-hydrogen) atoms. The topological polar surface area (TPSA) is 262 Å². The second-order valence-corrected chi connectivity index (χ2v) is 12.3. The van der Waals surface area contributed by atoms with Crippen molar-refractivity contribution in [1.82, 2.24) is 4.90 Å². The van der Waals surface area contributed by atoms with E-state index in [-0.39, 0.29) is 0 Å². The summed E-state index contributed by atoms with van der Waals surface area (Å²) in [6.07, 6.45) is -17.0. The summed E-state index contributed by atoms with van der Waals surface area (Å²) in [5.41, 5.74) is 0. The van der Waals surface area contributed by atoms with Crippen molar-refractivity contribution in [2.24, 2.45) is 0 Å². The normalized spacial score (nSPS) is 27.9. The van der Waals surface area contributed by atoms with Crippen LogP contribution in [0.25, 0.3) is 0 Å². The van der Waals surface area contributed by atoms with Crippen molar-refractivity contribution in [3.05, 3.63) is 0 Å². The van der Waals surface area contributed by atoms with Crippen LogP contribution < -0.4 is 0 Å². The molecule has 2 heterocycles. The van der Waals surface area contributed by atoms with Gasteiger partial charge in [-0.15, -0.1) is 4.89 Å². The fourth-order valence-electron chi connectivity index (χ4n) is 5.32. The van der Waals surface area contributed by atoms with Crippen LogP contribution in [-0.4, -0.2) is 146 Å². The first-order valence-corrected chi connectivity index (χ1v) is 18.0. The molecule has 0 bridgehead atoms. The minimum absolute atomic E-state index is 0.612. The van der Waals surface area contributed by atoms with E-state index in [1.165, 1.54) is 19.6 Å². The van der Waals surface area contributed by atoms with Gasteiger partial charge in [-0.1, -0.05) is 25.3 Å². The van der Waals surface area contributed by atoms with E-state index in [2.05, 4.69) is 25.7 Å². The fourth-order valence-corrected chi connectivity index (χ4v) is 5.66. The second kappa shape index (κ2) is 23.8. The van der Waals surface area contributed by atoms with Crippen LogP contribution in [0, 0.1) is 0 Å². The maximum absolute atomic E-state index is 12.3. The van der Waals surface area contributed by atoms with Gasteiger partial charge in [-0.25, -0.2) is 0 Å². The molecule has 22 heteroatoms. The zero-order valence-corrected chi connectivity index (χ0v) is 32.8. The maximum atomic E-state index is 12.3. The number of carbonyl (C=O) groups excluding carboxylic acids is 7. The molecule has 0 amide bonds. The molecule has 2 aliphatic rings. The maximum Gasteiger partial charge on any atom is 0.697 e. The number of hydrogen-bond donors (Lipinski definition) is 1. The lowest BCUT2D eigenvalue weighted by Crippen LogP contribution is -2.67. The molecular formula is C32H51NO20P+. The lowest BCUT2D eigenvalue weighted by Gasteiger charge is -2.48. The summed E-state index contributed by atoms with van der Waals surface area (Å²) in [7, 11) is -3.41. The first-order chi connectivity index (χ1) is 25.2. The summed E-state index contributed by atoms with van der Waals surface area (Å²) in [6, 6.07) is 0. The third kappa shape index (κ3) is 16.7. The van der Waals surface area contributed by atoms with E-state index in [1.807, 2.05) is 0 Å². The molecule has 308 valence electrons. The van der Waals surface area contributed by atoms with Crippen LogP contribution in [0.2, 0.25) is 0 Å². The van der Waals surface area contributed by atoms with Crippen molar-refractivity contribution in [2.75, 3.05) is 32.8 Å². The van der Waals surface area contributed by atoms with E-state index < -0.39 is 125 Å². The van der Waals surface area contributed by atoms with Crippen LogP contribution in [-0.2, 0) is 90.0 Å². The Labute approximate surface area is 313 Å². The highest BCUT2D eigenvalue weighted by atomic mass is 31.1. The Hall–Kier alpha value is -3.85. The van der Waals surface area contributed by atoms with E-state index in [9.17, 15) is 43.0 Å². The van der Waals surface area contributed by atoms with Crippen LogP contribution in [0.1, 0.15) is 69.2 Å². The SMILES string of the molecule is CC(=O)OC[C@H]1O[C@@H](O[C@H]2[C@H](OC(C)=O)[C@H](OC(C)=O)[C@@H](O[P+](=O)O)O[C@@H]2COC(C)=O)[C@H](OC(C)=O)[C@@H](OC(C)=O)[C@H]1OC(C)=O.CCN(CC)CC. The van der Waals surface area contributed by atoms with E-state index >= 15 is 0 Å². The first-order valence-electron chi connectivity index (χ1n) is 16.9. The van der Waals surface area contributed by atoms with Crippen molar-refractivity contribution < 1.29 is 94.9 Å². The van der Waals surface area contributed by atoms with E-state index in [0.717, 1.165) is 48.5 Å². The van der Waals surface area contributed by atoms with Crippen molar-refractivity contribution >= 4 is 50.0 Å². The molecule has 11 atom stereocenters. The highest BCUT2D eigenvalue weighted by Crippen LogP contribution is 2.37. The van der Waals surface area contributed by atoms with Gasteiger partial charge in [0.2, 0.25) is 0 Å². The molecule has 2 aliphatic heterocycles. The summed E-state index contributed by atoms with van der Waals surface area (Å²) < 4.78 is 71.0. The summed E-state index contributed by atoms with van der Waals surface area (Å²) in [4.78, 5) is 96.0. The smallest absolute Gasteiger partial charge is 0.463 e. The van der Waals surface area contributed by atoms with Gasteiger partial charge in [0.05, 0.1) is 0 Å². The average Bonchev–Trinajstić information content (AvgIpc) is 3.04. The van der Waals surface area contributed by atoms with Crippen molar-refractivity contribution in [3.8, 4) is 0 Å². The highest BCUT2D eigenvalue weighted by Gasteiger charge is 2.58. The summed E-state index contributed by atoms with van der Waals surface area (Å²) in [5.74, 6) is -6.36. The quantitative estimate of drug-likeness (QED) is 0.127. The van der Waals surface area contributed by atoms with Crippen LogP contribution in [0.3, 0.4) is 0 Å². The molecule has 2 saturated heterocycles. The molecule has 0 saturated carbocycles. The Morgan fingerprint density at radius 3 is 1.20 bits per heavy atom.